The molecule has 2 fully saturated rings. The summed E-state index contributed by atoms with van der Waals surface area (Å²) in [4.78, 5) is 2.45. The Hall–Kier alpha value is -0.120. The van der Waals surface area contributed by atoms with Crippen LogP contribution in [0.4, 0.5) is 0 Å². The first kappa shape index (κ1) is 11.4. The number of nitrogens with zero attached hydrogens (tertiary/aromatic N) is 1. The molecule has 1 saturated carbocycles. The van der Waals surface area contributed by atoms with Crippen molar-refractivity contribution in [2.24, 2.45) is 0 Å². The predicted molar refractivity (Wildman–Crippen MR) is 61.9 cm³/mol. The Morgan fingerprint density at radius 1 is 1.33 bits per heavy atom. The summed E-state index contributed by atoms with van der Waals surface area (Å²) in [5.74, 6) is 0. The van der Waals surface area contributed by atoms with Crippen molar-refractivity contribution in [1.29, 1.82) is 0 Å². The van der Waals surface area contributed by atoms with Crippen LogP contribution in [0.5, 0.6) is 0 Å². The summed E-state index contributed by atoms with van der Waals surface area (Å²) >= 11 is 0. The zero-order valence-electron chi connectivity index (χ0n) is 9.84. The van der Waals surface area contributed by atoms with Gasteiger partial charge in [-0.3, -0.25) is 4.90 Å². The van der Waals surface area contributed by atoms with Gasteiger partial charge in [-0.15, -0.1) is 0 Å². The predicted octanol–water partition coefficient (Wildman–Crippen LogP) is 0.975. The van der Waals surface area contributed by atoms with Gasteiger partial charge in [0.05, 0.1) is 5.60 Å². The van der Waals surface area contributed by atoms with Crippen LogP contribution < -0.4 is 5.32 Å². The Kier molecular flexibility index (Phi) is 3.65. The van der Waals surface area contributed by atoms with Crippen LogP contribution in [0.25, 0.3) is 0 Å². The molecule has 1 heterocycles. The second-order valence-corrected chi connectivity index (χ2v) is 5.31. The fourth-order valence-electron chi connectivity index (χ4n) is 2.86. The first-order valence-corrected chi connectivity index (χ1v) is 6.37. The number of rotatable bonds is 2. The molecule has 3 heteroatoms. The van der Waals surface area contributed by atoms with Gasteiger partial charge >= 0.3 is 0 Å². The van der Waals surface area contributed by atoms with Gasteiger partial charge < -0.3 is 10.4 Å². The second kappa shape index (κ2) is 4.81. The first-order valence-electron chi connectivity index (χ1n) is 6.37. The maximum Gasteiger partial charge on any atom is 0.0774 e. The minimum atomic E-state index is -0.385. The molecule has 1 atom stereocenters. The van der Waals surface area contributed by atoms with E-state index in [1.54, 1.807) is 0 Å². The highest BCUT2D eigenvalue weighted by molar-refractivity contribution is 4.88. The van der Waals surface area contributed by atoms with E-state index in [0.717, 1.165) is 39.0 Å². The summed E-state index contributed by atoms with van der Waals surface area (Å²) in [6.07, 6.45) is 5.72. The number of piperazine rings is 1. The lowest BCUT2D eigenvalue weighted by Crippen LogP contribution is -2.55. The lowest BCUT2D eigenvalue weighted by Gasteiger charge is -2.41. The Balaban J connectivity index is 1.88. The Morgan fingerprint density at radius 3 is 2.73 bits per heavy atom. The second-order valence-electron chi connectivity index (χ2n) is 5.31. The smallest absolute Gasteiger partial charge is 0.0774 e. The molecular formula is C12H24N2O. The van der Waals surface area contributed by atoms with Crippen LogP contribution in [-0.4, -0.2) is 47.8 Å². The zero-order valence-corrected chi connectivity index (χ0v) is 9.84. The summed E-state index contributed by atoms with van der Waals surface area (Å²) < 4.78 is 0. The van der Waals surface area contributed by atoms with Crippen molar-refractivity contribution in [1.82, 2.24) is 10.2 Å². The first-order chi connectivity index (χ1) is 7.20. The van der Waals surface area contributed by atoms with Crippen LogP contribution in [0, 0.1) is 0 Å². The zero-order chi connectivity index (χ0) is 10.7. The molecule has 0 bridgehead atoms. The van der Waals surface area contributed by atoms with Gasteiger partial charge in [0.15, 0.2) is 0 Å². The van der Waals surface area contributed by atoms with E-state index in [1.807, 2.05) is 0 Å². The molecule has 0 aromatic rings. The van der Waals surface area contributed by atoms with Crippen molar-refractivity contribution in [3.05, 3.63) is 0 Å². The van der Waals surface area contributed by atoms with Crippen LogP contribution in [0.2, 0.25) is 0 Å². The Labute approximate surface area is 92.8 Å². The highest BCUT2D eigenvalue weighted by Crippen LogP contribution is 2.29. The largest absolute Gasteiger partial charge is 0.389 e. The van der Waals surface area contributed by atoms with Crippen LogP contribution >= 0.6 is 0 Å². The normalized spacial score (nSPS) is 32.8. The van der Waals surface area contributed by atoms with Crippen molar-refractivity contribution in [2.75, 3.05) is 26.2 Å². The highest BCUT2D eigenvalue weighted by Gasteiger charge is 2.33. The lowest BCUT2D eigenvalue weighted by molar-refractivity contribution is -0.0377. The van der Waals surface area contributed by atoms with Gasteiger partial charge in [-0.1, -0.05) is 19.3 Å². The van der Waals surface area contributed by atoms with Crippen molar-refractivity contribution in [3.63, 3.8) is 0 Å². The molecule has 0 unspecified atom stereocenters. The average molecular weight is 212 g/mol. The molecule has 15 heavy (non-hydrogen) atoms. The van der Waals surface area contributed by atoms with Gasteiger partial charge in [0.2, 0.25) is 0 Å². The number of β-amino-alcohol motifs (C(OH)–C–C–N with tert-alkyl or cyclic N) is 1. The summed E-state index contributed by atoms with van der Waals surface area (Å²) in [6, 6.07) is 0.574. The third-order valence-electron chi connectivity index (χ3n) is 3.92. The van der Waals surface area contributed by atoms with Crippen molar-refractivity contribution in [3.8, 4) is 0 Å². The van der Waals surface area contributed by atoms with Crippen LogP contribution in [0.3, 0.4) is 0 Å². The molecule has 0 amide bonds. The molecule has 2 rings (SSSR count). The van der Waals surface area contributed by atoms with E-state index < -0.39 is 0 Å². The summed E-state index contributed by atoms with van der Waals surface area (Å²) in [7, 11) is 0. The van der Waals surface area contributed by atoms with E-state index in [9.17, 15) is 5.11 Å². The fraction of sp³-hybridized carbons (Fsp3) is 1.00. The molecule has 2 N–H and O–H groups in total. The molecule has 3 nitrogen and oxygen atoms in total. The van der Waals surface area contributed by atoms with E-state index >= 15 is 0 Å². The molecule has 2 aliphatic rings. The number of hydrogen-bond acceptors (Lipinski definition) is 3. The highest BCUT2D eigenvalue weighted by atomic mass is 16.3. The minimum absolute atomic E-state index is 0.385. The molecular weight excluding hydrogens is 188 g/mol. The summed E-state index contributed by atoms with van der Waals surface area (Å²) in [6.45, 7) is 6.36. The molecule has 0 aromatic carbocycles. The molecule has 1 saturated heterocycles. The van der Waals surface area contributed by atoms with Crippen LogP contribution in [0.1, 0.15) is 39.0 Å². The fourth-order valence-corrected chi connectivity index (χ4v) is 2.86. The van der Waals surface area contributed by atoms with Crippen molar-refractivity contribution >= 4 is 0 Å². The molecule has 0 spiro atoms. The number of aliphatic hydroxyl groups is 1. The molecule has 0 radical (unpaired) electrons. The Morgan fingerprint density at radius 2 is 2.07 bits per heavy atom. The number of nitrogens with one attached hydrogen (secondary N) is 1. The van der Waals surface area contributed by atoms with Gasteiger partial charge in [-0.25, -0.2) is 0 Å². The average Bonchev–Trinajstić information content (AvgIpc) is 2.22. The quantitative estimate of drug-likeness (QED) is 0.716. The lowest BCUT2D eigenvalue weighted by atomic mass is 9.84. The summed E-state index contributed by atoms with van der Waals surface area (Å²) in [5.41, 5.74) is -0.385. The third kappa shape index (κ3) is 2.92. The van der Waals surface area contributed by atoms with Crippen LogP contribution in [-0.2, 0) is 0 Å². The van der Waals surface area contributed by atoms with Gasteiger partial charge in [-0.05, 0) is 19.8 Å². The molecule has 1 aliphatic carbocycles. The molecule has 88 valence electrons. The van der Waals surface area contributed by atoms with Crippen molar-refractivity contribution < 1.29 is 5.11 Å². The van der Waals surface area contributed by atoms with E-state index in [0.29, 0.717) is 6.04 Å². The van der Waals surface area contributed by atoms with E-state index in [2.05, 4.69) is 17.1 Å². The SMILES string of the molecule is C[C@@H]1CNCCN1CC1(O)CCCCC1. The van der Waals surface area contributed by atoms with Gasteiger partial charge in [-0.2, -0.15) is 0 Å². The van der Waals surface area contributed by atoms with E-state index in [-0.39, 0.29) is 5.60 Å². The maximum absolute atomic E-state index is 10.5. The van der Waals surface area contributed by atoms with Crippen molar-refractivity contribution in [2.45, 2.75) is 50.7 Å². The van der Waals surface area contributed by atoms with Gasteiger partial charge in [0, 0.05) is 32.2 Å². The molecule has 1 aliphatic heterocycles. The number of hydrogen-bond donors (Lipinski definition) is 2. The third-order valence-corrected chi connectivity index (χ3v) is 3.92. The minimum Gasteiger partial charge on any atom is -0.389 e. The van der Waals surface area contributed by atoms with E-state index in [4.69, 9.17) is 0 Å². The maximum atomic E-state index is 10.5. The van der Waals surface area contributed by atoms with E-state index in [1.165, 1.54) is 19.3 Å². The monoisotopic (exact) mass is 212 g/mol. The Bertz CT molecular complexity index is 202. The molecule has 0 aromatic heterocycles. The van der Waals surface area contributed by atoms with Gasteiger partial charge in [0.1, 0.15) is 0 Å². The van der Waals surface area contributed by atoms with Crippen LogP contribution in [0.15, 0.2) is 0 Å². The summed E-state index contributed by atoms with van der Waals surface area (Å²) in [5, 5.41) is 13.9. The standard InChI is InChI=1S/C12H24N2O/c1-11-9-13-7-8-14(11)10-12(15)5-3-2-4-6-12/h11,13,15H,2-10H2,1H3/t11-/m1/s1. The topological polar surface area (TPSA) is 35.5 Å². The van der Waals surface area contributed by atoms with Gasteiger partial charge in [0.25, 0.3) is 0 Å².